The van der Waals surface area contributed by atoms with E-state index < -0.39 is 11.7 Å². The molecule has 1 aromatic heterocycles. The quantitative estimate of drug-likeness (QED) is 0.941. The van der Waals surface area contributed by atoms with E-state index in [1.807, 2.05) is 4.57 Å². The molecule has 0 saturated carbocycles. The van der Waals surface area contributed by atoms with Crippen molar-refractivity contribution < 1.29 is 9.18 Å². The molecule has 2 rings (SSSR count). The van der Waals surface area contributed by atoms with Gasteiger partial charge in [-0.3, -0.25) is 4.79 Å². The van der Waals surface area contributed by atoms with Crippen LogP contribution in [0.25, 0.3) is 0 Å². The topological polar surface area (TPSA) is 46.9 Å². The van der Waals surface area contributed by atoms with Crippen LogP contribution < -0.4 is 5.32 Å². The third-order valence-electron chi connectivity index (χ3n) is 2.40. The molecule has 0 aliphatic carbocycles. The molecular formula is C12H11BrFN3O. The lowest BCUT2D eigenvalue weighted by molar-refractivity contribution is 0.0947. The molecule has 0 aliphatic heterocycles. The minimum absolute atomic E-state index is 0.0307. The number of halogens is 2. The number of carbonyl (C=O) groups excluding carboxylic acids is 1. The fourth-order valence-electron chi connectivity index (χ4n) is 1.52. The van der Waals surface area contributed by atoms with Crippen molar-refractivity contribution >= 4 is 21.8 Å². The van der Waals surface area contributed by atoms with Gasteiger partial charge in [0.15, 0.2) is 0 Å². The Kier molecular flexibility index (Phi) is 4.09. The van der Waals surface area contributed by atoms with Crippen LogP contribution >= 0.6 is 15.9 Å². The number of aromatic nitrogens is 2. The van der Waals surface area contributed by atoms with Crippen LogP contribution in [0, 0.1) is 5.82 Å². The summed E-state index contributed by atoms with van der Waals surface area (Å²) < 4.78 is 15.8. The highest BCUT2D eigenvalue weighted by Crippen LogP contribution is 2.19. The monoisotopic (exact) mass is 311 g/mol. The average Bonchev–Trinajstić information content (AvgIpc) is 2.82. The number of hydrogen-bond donors (Lipinski definition) is 1. The summed E-state index contributed by atoms with van der Waals surface area (Å²) in [6.45, 7) is 1.01. The minimum Gasteiger partial charge on any atom is -0.350 e. The molecule has 0 unspecified atom stereocenters. The zero-order valence-corrected chi connectivity index (χ0v) is 11.0. The zero-order valence-electron chi connectivity index (χ0n) is 9.44. The number of amides is 1. The summed E-state index contributed by atoms with van der Waals surface area (Å²) in [5.74, 6) is -0.968. The van der Waals surface area contributed by atoms with Crippen molar-refractivity contribution in [3.8, 4) is 0 Å². The second-order valence-corrected chi connectivity index (χ2v) is 4.51. The minimum atomic E-state index is -0.537. The first kappa shape index (κ1) is 12.8. The van der Waals surface area contributed by atoms with Crippen LogP contribution in [0.2, 0.25) is 0 Å². The maximum absolute atomic E-state index is 13.5. The highest BCUT2D eigenvalue weighted by molar-refractivity contribution is 9.10. The van der Waals surface area contributed by atoms with Gasteiger partial charge in [0.2, 0.25) is 0 Å². The Balaban J connectivity index is 1.96. The van der Waals surface area contributed by atoms with Gasteiger partial charge in [-0.2, -0.15) is 0 Å². The van der Waals surface area contributed by atoms with Gasteiger partial charge >= 0.3 is 0 Å². The Labute approximate surface area is 112 Å². The van der Waals surface area contributed by atoms with E-state index in [9.17, 15) is 9.18 Å². The predicted molar refractivity (Wildman–Crippen MR) is 68.7 cm³/mol. The molecule has 0 bridgehead atoms. The van der Waals surface area contributed by atoms with Crippen molar-refractivity contribution in [3.05, 3.63) is 52.8 Å². The molecule has 4 nitrogen and oxygen atoms in total. The van der Waals surface area contributed by atoms with Gasteiger partial charge in [0.05, 0.1) is 11.9 Å². The molecule has 6 heteroatoms. The lowest BCUT2D eigenvalue weighted by Crippen LogP contribution is -2.28. The van der Waals surface area contributed by atoms with Gasteiger partial charge in [-0.05, 0) is 28.1 Å². The van der Waals surface area contributed by atoms with Gasteiger partial charge in [0.25, 0.3) is 5.91 Å². The Bertz CT molecular complexity index is 522. The van der Waals surface area contributed by atoms with Crippen LogP contribution in [0.5, 0.6) is 0 Å². The second-order valence-electron chi connectivity index (χ2n) is 3.65. The third-order valence-corrected chi connectivity index (χ3v) is 3.07. The Morgan fingerprint density at radius 3 is 3.00 bits per heavy atom. The first-order chi connectivity index (χ1) is 8.68. The Hall–Kier alpha value is -1.69. The normalized spacial score (nSPS) is 10.3. The largest absolute Gasteiger partial charge is 0.350 e. The molecule has 2 aromatic rings. The first-order valence-electron chi connectivity index (χ1n) is 5.36. The maximum atomic E-state index is 13.5. The number of nitrogens with one attached hydrogen (secondary N) is 1. The van der Waals surface area contributed by atoms with E-state index in [2.05, 4.69) is 26.2 Å². The van der Waals surface area contributed by atoms with Crippen LogP contribution in [0.4, 0.5) is 4.39 Å². The van der Waals surface area contributed by atoms with Gasteiger partial charge in [0.1, 0.15) is 5.82 Å². The lowest BCUT2D eigenvalue weighted by atomic mass is 10.2. The van der Waals surface area contributed by atoms with E-state index >= 15 is 0 Å². The fourth-order valence-corrected chi connectivity index (χ4v) is 2.04. The summed E-state index contributed by atoms with van der Waals surface area (Å²) in [4.78, 5) is 15.7. The number of carbonyl (C=O) groups is 1. The summed E-state index contributed by atoms with van der Waals surface area (Å²) in [5.41, 5.74) is 0.0307. The maximum Gasteiger partial charge on any atom is 0.255 e. The molecule has 1 heterocycles. The van der Waals surface area contributed by atoms with Gasteiger partial charge in [-0.25, -0.2) is 9.37 Å². The van der Waals surface area contributed by atoms with Crippen molar-refractivity contribution in [1.82, 2.24) is 14.9 Å². The molecule has 0 atom stereocenters. The van der Waals surface area contributed by atoms with Gasteiger partial charge < -0.3 is 9.88 Å². The van der Waals surface area contributed by atoms with Gasteiger partial charge in [-0.1, -0.05) is 6.07 Å². The van der Waals surface area contributed by atoms with Crippen molar-refractivity contribution in [1.29, 1.82) is 0 Å². The molecule has 0 aliphatic rings. The molecule has 0 radical (unpaired) electrons. The van der Waals surface area contributed by atoms with Crippen molar-refractivity contribution in [3.63, 3.8) is 0 Å². The molecule has 18 heavy (non-hydrogen) atoms. The number of hydrogen-bond acceptors (Lipinski definition) is 2. The summed E-state index contributed by atoms with van der Waals surface area (Å²) in [6, 6.07) is 4.44. The SMILES string of the molecule is O=C(NCCn1ccnc1)c1c(F)cccc1Br. The van der Waals surface area contributed by atoms with E-state index in [1.165, 1.54) is 6.07 Å². The molecule has 94 valence electrons. The standard InChI is InChI=1S/C12H11BrFN3O/c13-9-2-1-3-10(14)11(9)12(18)16-5-7-17-6-4-15-8-17/h1-4,6,8H,5,7H2,(H,16,18). The van der Waals surface area contributed by atoms with Crippen LogP contribution in [0.15, 0.2) is 41.4 Å². The molecule has 1 N–H and O–H groups in total. The fraction of sp³-hybridized carbons (Fsp3) is 0.167. The molecule has 0 fully saturated rings. The van der Waals surface area contributed by atoms with Crippen LogP contribution in [-0.2, 0) is 6.54 Å². The molecule has 0 saturated heterocycles. The Morgan fingerprint density at radius 2 is 2.33 bits per heavy atom. The highest BCUT2D eigenvalue weighted by Gasteiger charge is 2.14. The Morgan fingerprint density at radius 1 is 1.50 bits per heavy atom. The van der Waals surface area contributed by atoms with Gasteiger partial charge in [0, 0.05) is 30.0 Å². The second kappa shape index (κ2) is 5.77. The number of rotatable bonds is 4. The smallest absolute Gasteiger partial charge is 0.255 e. The molecular weight excluding hydrogens is 301 g/mol. The summed E-state index contributed by atoms with van der Waals surface area (Å²) in [7, 11) is 0. The van der Waals surface area contributed by atoms with Crippen molar-refractivity contribution in [2.75, 3.05) is 6.54 Å². The van der Waals surface area contributed by atoms with Crippen molar-refractivity contribution in [2.24, 2.45) is 0 Å². The number of imidazole rings is 1. The summed E-state index contributed by atoms with van der Waals surface area (Å²) in [5, 5.41) is 2.66. The predicted octanol–water partition coefficient (Wildman–Crippen LogP) is 2.21. The van der Waals surface area contributed by atoms with E-state index in [1.54, 1.807) is 30.9 Å². The molecule has 0 spiro atoms. The zero-order chi connectivity index (χ0) is 13.0. The molecule has 1 amide bonds. The highest BCUT2D eigenvalue weighted by atomic mass is 79.9. The van der Waals surface area contributed by atoms with Crippen LogP contribution in [0.3, 0.4) is 0 Å². The lowest BCUT2D eigenvalue weighted by Gasteiger charge is -2.08. The number of benzene rings is 1. The van der Waals surface area contributed by atoms with E-state index in [4.69, 9.17) is 0 Å². The van der Waals surface area contributed by atoms with Gasteiger partial charge in [-0.15, -0.1) is 0 Å². The number of nitrogens with zero attached hydrogens (tertiary/aromatic N) is 2. The van der Waals surface area contributed by atoms with E-state index in [-0.39, 0.29) is 5.56 Å². The average molecular weight is 312 g/mol. The molecule has 1 aromatic carbocycles. The summed E-state index contributed by atoms with van der Waals surface area (Å²) >= 11 is 3.16. The van der Waals surface area contributed by atoms with Crippen LogP contribution in [-0.4, -0.2) is 22.0 Å². The first-order valence-corrected chi connectivity index (χ1v) is 6.16. The third kappa shape index (κ3) is 2.95. The van der Waals surface area contributed by atoms with Crippen LogP contribution in [0.1, 0.15) is 10.4 Å². The van der Waals surface area contributed by atoms with E-state index in [0.29, 0.717) is 17.6 Å². The van der Waals surface area contributed by atoms with Crippen molar-refractivity contribution in [2.45, 2.75) is 6.54 Å². The van der Waals surface area contributed by atoms with E-state index in [0.717, 1.165) is 0 Å². The summed E-state index contributed by atoms with van der Waals surface area (Å²) in [6.07, 6.45) is 5.12.